The van der Waals surface area contributed by atoms with E-state index in [1.807, 2.05) is 44.2 Å². The monoisotopic (exact) mass is 518 g/mol. The van der Waals surface area contributed by atoms with Crippen LogP contribution in [0.5, 0.6) is 34.5 Å². The number of hydrogen-bond donors (Lipinski definition) is 5. The predicted octanol–water partition coefficient (Wildman–Crippen LogP) is 5.32. The van der Waals surface area contributed by atoms with E-state index in [1.165, 1.54) is 13.0 Å². The van der Waals surface area contributed by atoms with Gasteiger partial charge in [0, 0.05) is 28.7 Å². The minimum atomic E-state index is -0.677. The van der Waals surface area contributed by atoms with Gasteiger partial charge in [0.25, 0.3) is 0 Å². The number of allylic oxidation sites excluding steroid dienone is 1. The molecule has 3 aromatic carbocycles. The van der Waals surface area contributed by atoms with Gasteiger partial charge in [0.1, 0.15) is 51.2 Å². The van der Waals surface area contributed by atoms with Crippen LogP contribution in [-0.4, -0.2) is 42.7 Å². The Balaban J connectivity index is 1.92. The molecule has 198 valence electrons. The van der Waals surface area contributed by atoms with Gasteiger partial charge in [-0.1, -0.05) is 36.4 Å². The topological polar surface area (TPSA) is 145 Å². The summed E-state index contributed by atoms with van der Waals surface area (Å²) < 4.78 is 6.07. The summed E-state index contributed by atoms with van der Waals surface area (Å²) in [6.45, 7) is 6.19. The van der Waals surface area contributed by atoms with Crippen LogP contribution in [0.25, 0.3) is 6.08 Å². The highest BCUT2D eigenvalue weighted by Crippen LogP contribution is 2.50. The number of carbonyl (C=O) groups excluding carboxylic acids is 2. The molecule has 8 heteroatoms. The molecule has 8 nitrogen and oxygen atoms in total. The molecule has 38 heavy (non-hydrogen) atoms. The number of ketones is 2. The van der Waals surface area contributed by atoms with Crippen molar-refractivity contribution in [2.24, 2.45) is 0 Å². The van der Waals surface area contributed by atoms with Crippen molar-refractivity contribution in [1.29, 1.82) is 0 Å². The molecule has 0 bridgehead atoms. The summed E-state index contributed by atoms with van der Waals surface area (Å²) in [4.78, 5) is 25.5. The first-order chi connectivity index (χ1) is 17.8. The van der Waals surface area contributed by atoms with E-state index in [0.717, 1.165) is 12.5 Å². The molecule has 1 aliphatic heterocycles. The van der Waals surface area contributed by atoms with Crippen molar-refractivity contribution < 1.29 is 39.9 Å². The molecule has 3 aromatic rings. The minimum absolute atomic E-state index is 0.0490. The zero-order valence-electron chi connectivity index (χ0n) is 21.6. The van der Waals surface area contributed by atoms with Gasteiger partial charge in [-0.15, -0.1) is 0 Å². The summed E-state index contributed by atoms with van der Waals surface area (Å²) in [6, 6.07) is 9.11. The summed E-state index contributed by atoms with van der Waals surface area (Å²) in [5, 5.41) is 54.3. The number of Topliss-reactive ketones (excluding diaryl/α,β-unsaturated/α-hetero) is 1. The summed E-state index contributed by atoms with van der Waals surface area (Å²) in [7, 11) is 0. The Kier molecular flexibility index (Phi) is 6.84. The van der Waals surface area contributed by atoms with Crippen LogP contribution < -0.4 is 4.74 Å². The fourth-order valence-electron chi connectivity index (χ4n) is 4.70. The quantitative estimate of drug-likeness (QED) is 0.218. The molecule has 0 amide bonds. The average molecular weight is 519 g/mol. The van der Waals surface area contributed by atoms with Crippen LogP contribution in [0.15, 0.2) is 36.4 Å². The number of ether oxygens (including phenoxy) is 1. The van der Waals surface area contributed by atoms with Crippen molar-refractivity contribution in [3.8, 4) is 34.5 Å². The largest absolute Gasteiger partial charge is 0.507 e. The zero-order valence-corrected chi connectivity index (χ0v) is 21.6. The second-order valence-electron chi connectivity index (χ2n) is 10.1. The fraction of sp³-hybridized carbons (Fsp3) is 0.267. The Hall–Kier alpha value is -4.46. The third-order valence-electron chi connectivity index (χ3n) is 6.89. The van der Waals surface area contributed by atoms with E-state index < -0.39 is 46.6 Å². The lowest BCUT2D eigenvalue weighted by Gasteiger charge is -2.34. The van der Waals surface area contributed by atoms with Crippen LogP contribution in [-0.2, 0) is 12.8 Å². The molecule has 1 aliphatic rings. The van der Waals surface area contributed by atoms with E-state index >= 15 is 0 Å². The molecule has 4 rings (SSSR count). The number of aromatic hydroxyl groups is 5. The van der Waals surface area contributed by atoms with E-state index in [2.05, 4.69) is 0 Å². The maximum absolute atomic E-state index is 13.4. The molecule has 0 saturated carbocycles. The number of benzene rings is 3. The highest BCUT2D eigenvalue weighted by molar-refractivity contribution is 6.11. The molecule has 0 saturated heterocycles. The first-order valence-electron chi connectivity index (χ1n) is 12.2. The highest BCUT2D eigenvalue weighted by atomic mass is 16.5. The van der Waals surface area contributed by atoms with Gasteiger partial charge < -0.3 is 30.3 Å². The lowest BCUT2D eigenvalue weighted by Crippen LogP contribution is -2.33. The Morgan fingerprint density at radius 1 is 0.895 bits per heavy atom. The van der Waals surface area contributed by atoms with Crippen LogP contribution in [0, 0.1) is 6.92 Å². The van der Waals surface area contributed by atoms with E-state index in [0.29, 0.717) is 18.4 Å². The molecular formula is C30H30O8. The zero-order chi connectivity index (χ0) is 27.9. The Labute approximate surface area is 220 Å². The Bertz CT molecular complexity index is 1480. The summed E-state index contributed by atoms with van der Waals surface area (Å²) in [6.07, 6.45) is 3.32. The van der Waals surface area contributed by atoms with Gasteiger partial charge in [-0.3, -0.25) is 9.59 Å². The second-order valence-corrected chi connectivity index (χ2v) is 10.1. The number of phenolic OH excluding ortho intramolecular Hbond substituents is 5. The van der Waals surface area contributed by atoms with Gasteiger partial charge in [0.15, 0.2) is 11.6 Å². The summed E-state index contributed by atoms with van der Waals surface area (Å²) in [5.41, 5.74) is -0.497. The maximum atomic E-state index is 13.4. The number of rotatable bonds is 6. The number of carbonyl (C=O) groups is 2. The molecule has 0 fully saturated rings. The third-order valence-corrected chi connectivity index (χ3v) is 6.89. The van der Waals surface area contributed by atoms with E-state index in [9.17, 15) is 35.1 Å². The van der Waals surface area contributed by atoms with Crippen molar-refractivity contribution in [2.45, 2.75) is 52.6 Å². The first-order valence-corrected chi connectivity index (χ1v) is 12.2. The van der Waals surface area contributed by atoms with Gasteiger partial charge in [0.05, 0.1) is 0 Å². The molecule has 5 N–H and O–H groups in total. The standard InChI is InChI=1S/C30H30O8/c1-15-24(33)19(27(36)22(16(2)31)25(15)34)14-20-26(35)18-12-13-30(3,4)38-29(18)23(28(20)37)21(32)11-10-17-8-6-5-7-9-17/h5-11,33-37H,12-14H2,1-4H3/b11-10+. The van der Waals surface area contributed by atoms with Gasteiger partial charge in [0.2, 0.25) is 0 Å². The normalized spacial score (nSPS) is 14.2. The van der Waals surface area contributed by atoms with E-state index in [1.54, 1.807) is 6.08 Å². The average Bonchev–Trinajstić information content (AvgIpc) is 2.85. The van der Waals surface area contributed by atoms with Crippen LogP contribution in [0.4, 0.5) is 0 Å². The molecule has 0 radical (unpaired) electrons. The molecule has 0 unspecified atom stereocenters. The first kappa shape index (κ1) is 26.6. The molecular weight excluding hydrogens is 488 g/mol. The van der Waals surface area contributed by atoms with Crippen molar-refractivity contribution in [3.63, 3.8) is 0 Å². The second kappa shape index (κ2) is 9.78. The third kappa shape index (κ3) is 4.65. The molecule has 0 aliphatic carbocycles. The Morgan fingerprint density at radius 3 is 2.13 bits per heavy atom. The van der Waals surface area contributed by atoms with Crippen molar-refractivity contribution in [1.82, 2.24) is 0 Å². The van der Waals surface area contributed by atoms with Gasteiger partial charge >= 0.3 is 0 Å². The number of phenols is 5. The van der Waals surface area contributed by atoms with Crippen LogP contribution >= 0.6 is 0 Å². The summed E-state index contributed by atoms with van der Waals surface area (Å²) >= 11 is 0. The van der Waals surface area contributed by atoms with Crippen molar-refractivity contribution in [2.75, 3.05) is 0 Å². The SMILES string of the molecule is CC(=O)c1c(O)c(C)c(O)c(Cc2c(O)c3c(c(C(=O)/C=C/c4ccccc4)c2O)OC(C)(C)CC3)c1O. The molecule has 1 heterocycles. The summed E-state index contributed by atoms with van der Waals surface area (Å²) in [5.74, 6) is -3.79. The van der Waals surface area contributed by atoms with Crippen molar-refractivity contribution in [3.05, 3.63) is 75.4 Å². The Morgan fingerprint density at radius 2 is 1.50 bits per heavy atom. The van der Waals surface area contributed by atoms with E-state index in [-0.39, 0.29) is 39.3 Å². The highest BCUT2D eigenvalue weighted by Gasteiger charge is 2.36. The van der Waals surface area contributed by atoms with E-state index in [4.69, 9.17) is 4.74 Å². The maximum Gasteiger partial charge on any atom is 0.193 e. The van der Waals surface area contributed by atoms with Gasteiger partial charge in [-0.05, 0) is 52.2 Å². The van der Waals surface area contributed by atoms with Crippen LogP contribution in [0.2, 0.25) is 0 Å². The lowest BCUT2D eigenvalue weighted by molar-refractivity contribution is 0.0799. The minimum Gasteiger partial charge on any atom is -0.507 e. The number of hydrogen-bond acceptors (Lipinski definition) is 8. The molecule has 0 spiro atoms. The molecule has 0 atom stereocenters. The fourth-order valence-corrected chi connectivity index (χ4v) is 4.70. The smallest absolute Gasteiger partial charge is 0.193 e. The van der Waals surface area contributed by atoms with Crippen molar-refractivity contribution >= 4 is 17.6 Å². The van der Waals surface area contributed by atoms with Crippen LogP contribution in [0.3, 0.4) is 0 Å². The predicted molar refractivity (Wildman–Crippen MR) is 142 cm³/mol. The van der Waals surface area contributed by atoms with Gasteiger partial charge in [-0.25, -0.2) is 0 Å². The molecule has 0 aromatic heterocycles. The van der Waals surface area contributed by atoms with Gasteiger partial charge in [-0.2, -0.15) is 0 Å². The van der Waals surface area contributed by atoms with Crippen LogP contribution in [0.1, 0.15) is 75.7 Å². The number of fused-ring (bicyclic) bond motifs is 1. The lowest BCUT2D eigenvalue weighted by atomic mass is 9.86.